The summed E-state index contributed by atoms with van der Waals surface area (Å²) in [5, 5.41) is 13.2. The Morgan fingerprint density at radius 1 is 1.62 bits per heavy atom. The van der Waals surface area contributed by atoms with Crippen molar-refractivity contribution in [3.8, 4) is 0 Å². The molecule has 4 nitrogen and oxygen atoms in total. The van der Waals surface area contributed by atoms with Crippen molar-refractivity contribution in [1.29, 1.82) is 0 Å². The highest BCUT2D eigenvalue weighted by molar-refractivity contribution is 7.80. The van der Waals surface area contributed by atoms with Crippen LogP contribution in [-0.4, -0.2) is 11.1 Å². The molecule has 0 aliphatic rings. The maximum atomic E-state index is 13.7. The second-order valence-corrected chi connectivity index (χ2v) is 3.80. The molecule has 0 aliphatic heterocycles. The average Bonchev–Trinajstić information content (AvgIpc) is 2.16. The van der Waals surface area contributed by atoms with Gasteiger partial charge in [-0.2, -0.15) is 0 Å². The van der Waals surface area contributed by atoms with Gasteiger partial charge in [0.15, 0.2) is 10.8 Å². The fourth-order valence-electron chi connectivity index (χ4n) is 1.15. The molecular weight excluding hydrogens is 231 g/mol. The molecule has 16 heavy (non-hydrogen) atoms. The zero-order valence-corrected chi connectivity index (χ0v) is 9.31. The third-order valence-corrected chi connectivity index (χ3v) is 2.16. The Hall–Kier alpha value is -1.69. The number of carboxylic acids is 1. The first kappa shape index (κ1) is 12.4. The molecule has 1 aromatic carbocycles. The zero-order valence-electron chi connectivity index (χ0n) is 8.49. The van der Waals surface area contributed by atoms with Gasteiger partial charge in [0.25, 0.3) is 0 Å². The van der Waals surface area contributed by atoms with E-state index < -0.39 is 11.6 Å². The Kier molecular flexibility index (Phi) is 3.44. The van der Waals surface area contributed by atoms with E-state index in [1.54, 1.807) is 6.07 Å². The maximum absolute atomic E-state index is 13.7. The molecule has 0 aromatic heterocycles. The van der Waals surface area contributed by atoms with Crippen LogP contribution in [0.3, 0.4) is 0 Å². The van der Waals surface area contributed by atoms with Crippen LogP contribution in [0.4, 0.5) is 10.1 Å². The molecule has 0 amide bonds. The highest BCUT2D eigenvalue weighted by atomic mass is 32.1. The fraction of sp³-hybridized carbons (Fsp3) is 0.200. The van der Waals surface area contributed by atoms with Gasteiger partial charge in [0.1, 0.15) is 0 Å². The van der Waals surface area contributed by atoms with Crippen LogP contribution in [0.2, 0.25) is 0 Å². The van der Waals surface area contributed by atoms with Gasteiger partial charge in [-0.25, -0.2) is 4.39 Å². The minimum absolute atomic E-state index is 0.0196. The molecule has 1 atom stereocenters. The van der Waals surface area contributed by atoms with E-state index in [2.05, 4.69) is 17.5 Å². The summed E-state index contributed by atoms with van der Waals surface area (Å²) >= 11 is 4.61. The second kappa shape index (κ2) is 4.44. The van der Waals surface area contributed by atoms with Crippen molar-refractivity contribution in [1.82, 2.24) is 0 Å². The molecule has 0 fully saturated rings. The summed E-state index contributed by atoms with van der Waals surface area (Å²) in [4.78, 5) is 10.6. The topological polar surface area (TPSA) is 78.2 Å². The van der Waals surface area contributed by atoms with E-state index in [9.17, 15) is 14.3 Å². The number of benzene rings is 1. The summed E-state index contributed by atoms with van der Waals surface area (Å²) < 4.78 is 13.7. The van der Waals surface area contributed by atoms with Crippen molar-refractivity contribution in [2.24, 2.45) is 5.73 Å². The van der Waals surface area contributed by atoms with Gasteiger partial charge in [0.2, 0.25) is 0 Å². The van der Waals surface area contributed by atoms with Gasteiger partial charge < -0.3 is 21.0 Å². The van der Waals surface area contributed by atoms with E-state index in [1.165, 1.54) is 18.2 Å². The second-order valence-electron chi connectivity index (χ2n) is 3.36. The van der Waals surface area contributed by atoms with E-state index in [0.29, 0.717) is 5.69 Å². The summed E-state index contributed by atoms with van der Waals surface area (Å²) in [6, 6.07) is 5.75. The summed E-state index contributed by atoms with van der Waals surface area (Å²) in [5.41, 5.74) is 3.09. The standard InChI is InChI=1S/C10H11FN2O2S/c1-10(11,8(14)15)6-3-2-4-7(5-6)13-9(12)16/h2-5H,1H3,(H,14,15)(H3,12,13,16)/p-1. The number of halogens is 1. The third-order valence-electron chi connectivity index (χ3n) is 2.06. The number of nitrogens with two attached hydrogens (primary N) is 1. The van der Waals surface area contributed by atoms with E-state index in [-0.39, 0.29) is 10.7 Å². The number of carbonyl (C=O) groups excluding carboxylic acids is 1. The number of rotatable bonds is 3. The Balaban J connectivity index is 3.07. The number of carbonyl (C=O) groups is 1. The van der Waals surface area contributed by atoms with Crippen LogP contribution in [0.15, 0.2) is 24.3 Å². The van der Waals surface area contributed by atoms with Crippen molar-refractivity contribution >= 4 is 29.0 Å². The van der Waals surface area contributed by atoms with Crippen molar-refractivity contribution in [2.75, 3.05) is 5.32 Å². The quantitative estimate of drug-likeness (QED) is 0.743. The lowest BCUT2D eigenvalue weighted by Crippen LogP contribution is -2.40. The van der Waals surface area contributed by atoms with Gasteiger partial charge in [-0.1, -0.05) is 12.1 Å². The van der Waals surface area contributed by atoms with Crippen molar-refractivity contribution in [3.63, 3.8) is 0 Å². The normalized spacial score (nSPS) is 13.9. The number of anilines is 1. The molecule has 3 N–H and O–H groups in total. The third kappa shape index (κ3) is 2.66. The first-order valence-electron chi connectivity index (χ1n) is 4.41. The number of hydrogen-bond acceptors (Lipinski definition) is 3. The van der Waals surface area contributed by atoms with Gasteiger partial charge in [0.05, 0.1) is 5.97 Å². The largest absolute Gasteiger partial charge is 0.546 e. The van der Waals surface area contributed by atoms with Crippen LogP contribution in [-0.2, 0) is 10.5 Å². The van der Waals surface area contributed by atoms with Gasteiger partial charge >= 0.3 is 0 Å². The monoisotopic (exact) mass is 241 g/mol. The Morgan fingerprint density at radius 3 is 2.75 bits per heavy atom. The lowest BCUT2D eigenvalue weighted by Gasteiger charge is -2.22. The molecule has 6 heteroatoms. The molecule has 0 radical (unpaired) electrons. The predicted octanol–water partition coefficient (Wildman–Crippen LogP) is 0.277. The van der Waals surface area contributed by atoms with E-state index >= 15 is 0 Å². The number of alkyl halides is 1. The van der Waals surface area contributed by atoms with E-state index in [1.807, 2.05) is 0 Å². The van der Waals surface area contributed by atoms with Crippen LogP contribution in [0.25, 0.3) is 0 Å². The van der Waals surface area contributed by atoms with Crippen LogP contribution in [0, 0.1) is 0 Å². The summed E-state index contributed by atoms with van der Waals surface area (Å²) in [6.45, 7) is 0.919. The number of thiocarbonyl (C=S) groups is 1. The highest BCUT2D eigenvalue weighted by Gasteiger charge is 2.27. The number of carboxylic acid groups (broad SMARTS) is 1. The van der Waals surface area contributed by atoms with Crippen molar-refractivity contribution in [3.05, 3.63) is 29.8 Å². The van der Waals surface area contributed by atoms with E-state index in [4.69, 9.17) is 5.73 Å². The predicted molar refractivity (Wildman–Crippen MR) is 60.3 cm³/mol. The number of aliphatic carboxylic acids is 1. The molecule has 1 aromatic rings. The minimum Gasteiger partial charge on any atom is -0.546 e. The zero-order chi connectivity index (χ0) is 12.3. The lowest BCUT2D eigenvalue weighted by molar-refractivity contribution is -0.319. The van der Waals surface area contributed by atoms with Gasteiger partial charge in [-0.15, -0.1) is 0 Å². The average molecular weight is 241 g/mol. The van der Waals surface area contributed by atoms with E-state index in [0.717, 1.165) is 6.92 Å². The van der Waals surface area contributed by atoms with Gasteiger partial charge in [0, 0.05) is 5.69 Å². The van der Waals surface area contributed by atoms with Crippen molar-refractivity contribution in [2.45, 2.75) is 12.6 Å². The number of nitrogens with one attached hydrogen (secondary N) is 1. The molecule has 0 aliphatic carbocycles. The summed E-state index contributed by atoms with van der Waals surface area (Å²) in [6.07, 6.45) is 0. The summed E-state index contributed by atoms with van der Waals surface area (Å²) in [7, 11) is 0. The molecular formula is C10H10FN2O2S-. The Labute approximate surface area is 97.3 Å². The Morgan fingerprint density at radius 2 is 2.25 bits per heavy atom. The maximum Gasteiger partial charge on any atom is 0.172 e. The molecule has 0 heterocycles. The number of hydrogen-bond donors (Lipinski definition) is 2. The molecule has 0 spiro atoms. The molecule has 0 bridgehead atoms. The minimum atomic E-state index is -2.55. The molecule has 1 unspecified atom stereocenters. The van der Waals surface area contributed by atoms with Gasteiger partial charge in [-0.05, 0) is 36.8 Å². The molecule has 1 rings (SSSR count). The summed E-state index contributed by atoms with van der Waals surface area (Å²) in [5.74, 6) is -1.79. The fourth-order valence-corrected chi connectivity index (χ4v) is 1.27. The molecule has 86 valence electrons. The first-order valence-corrected chi connectivity index (χ1v) is 4.82. The van der Waals surface area contributed by atoms with Crippen LogP contribution in [0.5, 0.6) is 0 Å². The van der Waals surface area contributed by atoms with Gasteiger partial charge in [-0.3, -0.25) is 0 Å². The smallest absolute Gasteiger partial charge is 0.172 e. The molecule has 0 saturated carbocycles. The van der Waals surface area contributed by atoms with Crippen LogP contribution < -0.4 is 16.2 Å². The Bertz CT molecular complexity index is 435. The SMILES string of the molecule is CC(F)(C(=O)[O-])c1cccc(NC(N)=S)c1. The lowest BCUT2D eigenvalue weighted by atomic mass is 9.98. The first-order chi connectivity index (χ1) is 7.34. The van der Waals surface area contributed by atoms with Crippen LogP contribution in [0.1, 0.15) is 12.5 Å². The van der Waals surface area contributed by atoms with Crippen LogP contribution >= 0.6 is 12.2 Å². The van der Waals surface area contributed by atoms with Crippen molar-refractivity contribution < 1.29 is 14.3 Å². The highest BCUT2D eigenvalue weighted by Crippen LogP contribution is 2.26. The molecule has 0 saturated heterocycles.